The first kappa shape index (κ1) is 17.3. The molecule has 0 spiro atoms. The summed E-state index contributed by atoms with van der Waals surface area (Å²) in [6, 6.07) is 9.21. The fourth-order valence-corrected chi connectivity index (χ4v) is 4.27. The fraction of sp³-hybridized carbons (Fsp3) is 0.556. The van der Waals surface area contributed by atoms with Crippen molar-refractivity contribution in [2.45, 2.75) is 36.2 Å². The maximum atomic E-state index is 12.8. The molecule has 0 radical (unpaired) electrons. The molecule has 2 aliphatic rings. The van der Waals surface area contributed by atoms with E-state index in [1.807, 2.05) is 42.1 Å². The minimum absolute atomic E-state index is 0.0500. The number of nitrogens with one attached hydrogen (secondary N) is 1. The topological polar surface area (TPSA) is 58.6 Å². The Labute approximate surface area is 147 Å². The predicted octanol–water partition coefficient (Wildman–Crippen LogP) is 1.99. The first-order chi connectivity index (χ1) is 11.6. The molecule has 1 aliphatic heterocycles. The van der Waals surface area contributed by atoms with Crippen molar-refractivity contribution in [3.05, 3.63) is 35.9 Å². The minimum atomic E-state index is -0.672. The van der Waals surface area contributed by atoms with Gasteiger partial charge in [0, 0.05) is 18.3 Å². The number of likely N-dealkylation sites (N-methyl/N-ethyl adjacent to an activating group) is 1. The van der Waals surface area contributed by atoms with Crippen molar-refractivity contribution in [2.24, 2.45) is 0 Å². The van der Waals surface area contributed by atoms with E-state index in [1.54, 1.807) is 11.9 Å². The van der Waals surface area contributed by atoms with E-state index < -0.39 is 6.10 Å². The number of nitrogens with zero attached hydrogens (tertiary/aromatic N) is 1. The maximum Gasteiger partial charge on any atom is 0.251 e. The van der Waals surface area contributed by atoms with Crippen LogP contribution < -0.4 is 5.32 Å². The van der Waals surface area contributed by atoms with E-state index in [0.717, 1.165) is 18.4 Å². The summed E-state index contributed by atoms with van der Waals surface area (Å²) in [7, 11) is 1.73. The fourth-order valence-electron chi connectivity index (χ4n) is 3.35. The lowest BCUT2D eigenvalue weighted by atomic mass is 9.84. The highest BCUT2D eigenvalue weighted by atomic mass is 32.2. The van der Waals surface area contributed by atoms with E-state index >= 15 is 0 Å². The molecule has 1 N–H and O–H groups in total. The third-order valence-corrected chi connectivity index (χ3v) is 6.58. The van der Waals surface area contributed by atoms with Crippen molar-refractivity contribution in [1.82, 2.24) is 10.2 Å². The molecule has 5 nitrogen and oxygen atoms in total. The van der Waals surface area contributed by atoms with Crippen LogP contribution in [0, 0.1) is 0 Å². The number of thioether (sulfide) groups is 1. The van der Waals surface area contributed by atoms with Gasteiger partial charge in [-0.1, -0.05) is 36.8 Å². The number of hydrogen-bond donors (Lipinski definition) is 1. The number of amides is 2. The van der Waals surface area contributed by atoms with Gasteiger partial charge in [-0.05, 0) is 24.7 Å². The molecule has 1 saturated heterocycles. The molecule has 2 amide bonds. The zero-order valence-electron chi connectivity index (χ0n) is 14.2. The summed E-state index contributed by atoms with van der Waals surface area (Å²) in [4.78, 5) is 26.4. The van der Waals surface area contributed by atoms with Crippen molar-refractivity contribution >= 4 is 23.6 Å². The lowest BCUT2D eigenvalue weighted by Gasteiger charge is -2.42. The van der Waals surface area contributed by atoms with Gasteiger partial charge in [-0.25, -0.2) is 0 Å². The molecule has 130 valence electrons. The van der Waals surface area contributed by atoms with Crippen LogP contribution in [0.4, 0.5) is 0 Å². The van der Waals surface area contributed by atoms with E-state index in [2.05, 4.69) is 11.6 Å². The average molecular weight is 348 g/mol. The van der Waals surface area contributed by atoms with Crippen LogP contribution in [0.2, 0.25) is 0 Å². The van der Waals surface area contributed by atoms with Gasteiger partial charge >= 0.3 is 0 Å². The Morgan fingerprint density at radius 2 is 2.08 bits per heavy atom. The largest absolute Gasteiger partial charge is 0.356 e. The quantitative estimate of drug-likeness (QED) is 0.884. The molecule has 24 heavy (non-hydrogen) atoms. The van der Waals surface area contributed by atoms with Crippen LogP contribution in [0.1, 0.15) is 30.9 Å². The molecule has 6 heteroatoms. The van der Waals surface area contributed by atoms with E-state index in [1.165, 1.54) is 6.42 Å². The van der Waals surface area contributed by atoms with Gasteiger partial charge in [-0.15, -0.1) is 0 Å². The molecule has 1 aromatic rings. The second kappa shape index (κ2) is 7.15. The maximum absolute atomic E-state index is 12.8. The van der Waals surface area contributed by atoms with Gasteiger partial charge in [0.1, 0.15) is 6.61 Å². The number of hydrogen-bond acceptors (Lipinski definition) is 4. The zero-order chi connectivity index (χ0) is 17.2. The lowest BCUT2D eigenvalue weighted by molar-refractivity contribution is -0.162. The second-order valence-corrected chi connectivity index (χ2v) is 7.82. The first-order valence-corrected chi connectivity index (χ1v) is 9.54. The molecular weight excluding hydrogens is 324 g/mol. The van der Waals surface area contributed by atoms with E-state index in [0.29, 0.717) is 6.54 Å². The third kappa shape index (κ3) is 3.30. The molecule has 0 aromatic heterocycles. The van der Waals surface area contributed by atoms with Gasteiger partial charge in [0.05, 0.1) is 6.04 Å². The number of benzene rings is 1. The van der Waals surface area contributed by atoms with E-state index in [-0.39, 0.29) is 29.2 Å². The average Bonchev–Trinajstić information content (AvgIpc) is 2.57. The highest BCUT2D eigenvalue weighted by Gasteiger charge is 2.42. The van der Waals surface area contributed by atoms with Gasteiger partial charge < -0.3 is 15.0 Å². The Morgan fingerprint density at radius 3 is 2.67 bits per heavy atom. The summed E-state index contributed by atoms with van der Waals surface area (Å²) < 4.78 is 5.80. The van der Waals surface area contributed by atoms with Gasteiger partial charge in [-0.2, -0.15) is 11.8 Å². The number of rotatable bonds is 5. The molecule has 1 saturated carbocycles. The SMILES string of the molecule is CSC1(CNC(=O)[C@H]2OCC(=O)N(C)[C@H]2c2ccccc2)CCC1. The Bertz CT molecular complexity index is 598. The van der Waals surface area contributed by atoms with Crippen molar-refractivity contribution in [3.63, 3.8) is 0 Å². The zero-order valence-corrected chi connectivity index (χ0v) is 15.0. The van der Waals surface area contributed by atoms with Crippen LogP contribution >= 0.6 is 11.8 Å². The standard InChI is InChI=1S/C18H24N2O3S/c1-20-14(21)11-23-16(15(20)13-7-4-3-5-8-13)17(22)19-12-18(24-2)9-6-10-18/h3-5,7-8,15-16H,6,9-12H2,1-2H3,(H,19,22)/t15-,16-/m0/s1. The molecule has 0 bridgehead atoms. The highest BCUT2D eigenvalue weighted by Crippen LogP contribution is 2.42. The smallest absolute Gasteiger partial charge is 0.251 e. The van der Waals surface area contributed by atoms with Gasteiger partial charge in [0.15, 0.2) is 6.10 Å². The van der Waals surface area contributed by atoms with Crippen molar-refractivity contribution in [1.29, 1.82) is 0 Å². The van der Waals surface area contributed by atoms with Crippen molar-refractivity contribution < 1.29 is 14.3 Å². The number of ether oxygens (including phenoxy) is 1. The predicted molar refractivity (Wildman–Crippen MR) is 94.8 cm³/mol. The third-order valence-electron chi connectivity index (χ3n) is 5.17. The Hall–Kier alpha value is -1.53. The summed E-state index contributed by atoms with van der Waals surface area (Å²) in [5, 5.41) is 3.06. The monoisotopic (exact) mass is 348 g/mol. The summed E-state index contributed by atoms with van der Waals surface area (Å²) in [6.45, 7) is 0.609. The number of carbonyl (C=O) groups excluding carboxylic acids is 2. The normalized spacial score (nSPS) is 25.9. The molecule has 0 unspecified atom stereocenters. The van der Waals surface area contributed by atoms with Gasteiger partial charge in [0.2, 0.25) is 5.91 Å². The van der Waals surface area contributed by atoms with Crippen LogP contribution in [0.15, 0.2) is 30.3 Å². The van der Waals surface area contributed by atoms with Gasteiger partial charge in [-0.3, -0.25) is 9.59 Å². The molecule has 2 atom stereocenters. The molecule has 3 rings (SSSR count). The molecular formula is C18H24N2O3S. The summed E-state index contributed by atoms with van der Waals surface area (Å²) in [6.07, 6.45) is 4.93. The van der Waals surface area contributed by atoms with Gasteiger partial charge in [0.25, 0.3) is 5.91 Å². The van der Waals surface area contributed by atoms with Crippen molar-refractivity contribution in [3.8, 4) is 0 Å². The van der Waals surface area contributed by atoms with E-state index in [4.69, 9.17) is 4.74 Å². The molecule has 1 aliphatic carbocycles. The Kier molecular flexibility index (Phi) is 5.15. The summed E-state index contributed by atoms with van der Waals surface area (Å²) >= 11 is 1.83. The summed E-state index contributed by atoms with van der Waals surface area (Å²) in [5.74, 6) is -0.240. The van der Waals surface area contributed by atoms with Crippen LogP contribution in [0.25, 0.3) is 0 Å². The highest BCUT2D eigenvalue weighted by molar-refractivity contribution is 8.00. The number of carbonyl (C=O) groups is 2. The second-order valence-electron chi connectivity index (χ2n) is 6.55. The van der Waals surface area contributed by atoms with Crippen molar-refractivity contribution in [2.75, 3.05) is 26.5 Å². The van der Waals surface area contributed by atoms with Crippen LogP contribution in [0.3, 0.4) is 0 Å². The first-order valence-electron chi connectivity index (χ1n) is 8.31. The molecule has 1 heterocycles. The van der Waals surface area contributed by atoms with Crippen LogP contribution in [0.5, 0.6) is 0 Å². The van der Waals surface area contributed by atoms with Crippen LogP contribution in [-0.4, -0.2) is 54.0 Å². The number of morpholine rings is 1. The molecule has 2 fully saturated rings. The van der Waals surface area contributed by atoms with E-state index in [9.17, 15) is 9.59 Å². The molecule has 1 aromatic carbocycles. The summed E-state index contributed by atoms with van der Waals surface area (Å²) in [5.41, 5.74) is 0.913. The lowest BCUT2D eigenvalue weighted by Crippen LogP contribution is -2.55. The minimum Gasteiger partial charge on any atom is -0.356 e. The van der Waals surface area contributed by atoms with Crippen LogP contribution in [-0.2, 0) is 14.3 Å². The Balaban J connectivity index is 1.74. The Morgan fingerprint density at radius 1 is 1.38 bits per heavy atom.